The minimum absolute atomic E-state index is 0.236. The first-order valence-corrected chi connectivity index (χ1v) is 7.99. The van der Waals surface area contributed by atoms with E-state index in [1.165, 1.54) is 4.90 Å². The molecule has 0 aliphatic rings. The quantitative estimate of drug-likeness (QED) is 0.781. The van der Waals surface area contributed by atoms with E-state index in [4.69, 9.17) is 26.8 Å². The van der Waals surface area contributed by atoms with Gasteiger partial charge >= 0.3 is 0 Å². The van der Waals surface area contributed by atoms with Crippen LogP contribution in [0, 0.1) is 0 Å². The first-order chi connectivity index (χ1) is 12.0. The molecule has 2 aromatic carbocycles. The van der Waals surface area contributed by atoms with E-state index in [2.05, 4.69) is 0 Å². The highest BCUT2D eigenvalue weighted by atomic mass is 35.5. The number of primary amides is 1. The maximum Gasteiger partial charge on any atom is 0.257 e. The molecule has 0 saturated carbocycles. The molecular formula is C18H19ClN2O4. The molecule has 0 aliphatic heterocycles. The number of hydrogen-bond acceptors (Lipinski definition) is 4. The van der Waals surface area contributed by atoms with Gasteiger partial charge in [-0.3, -0.25) is 9.59 Å². The van der Waals surface area contributed by atoms with E-state index in [1.54, 1.807) is 55.6 Å². The molecule has 0 bridgehead atoms. The van der Waals surface area contributed by atoms with Crippen LogP contribution in [0.3, 0.4) is 0 Å². The zero-order chi connectivity index (χ0) is 18.2. The number of carbonyl (C=O) groups is 2. The average molecular weight is 363 g/mol. The average Bonchev–Trinajstić information content (AvgIpc) is 2.61. The molecule has 0 radical (unpaired) electrons. The Balaban J connectivity index is 1.93. The van der Waals surface area contributed by atoms with Crippen molar-refractivity contribution >= 4 is 23.4 Å². The second-order valence-corrected chi connectivity index (χ2v) is 5.72. The Kier molecular flexibility index (Phi) is 6.65. The molecule has 0 saturated heterocycles. The third kappa shape index (κ3) is 5.69. The third-order valence-corrected chi connectivity index (χ3v) is 3.60. The largest absolute Gasteiger partial charge is 0.492 e. The number of carbonyl (C=O) groups excluding carboxylic acids is 2. The number of para-hydroxylation sites is 1. The summed E-state index contributed by atoms with van der Waals surface area (Å²) in [5, 5.41) is 0.632. The maximum absolute atomic E-state index is 12.6. The van der Waals surface area contributed by atoms with Crippen molar-refractivity contribution in [3.05, 3.63) is 59.1 Å². The second kappa shape index (κ2) is 8.94. The number of amides is 2. The fourth-order valence-electron chi connectivity index (χ4n) is 2.06. The number of halogens is 1. The summed E-state index contributed by atoms with van der Waals surface area (Å²) in [4.78, 5) is 24.9. The summed E-state index contributed by atoms with van der Waals surface area (Å²) in [5.41, 5.74) is 5.43. The lowest BCUT2D eigenvalue weighted by Gasteiger charge is -2.19. The van der Waals surface area contributed by atoms with Crippen molar-refractivity contribution in [3.8, 4) is 11.5 Å². The Labute approximate surface area is 151 Å². The van der Waals surface area contributed by atoms with E-state index in [-0.39, 0.29) is 12.5 Å². The van der Waals surface area contributed by atoms with Gasteiger partial charge in [0.15, 0.2) is 6.61 Å². The van der Waals surface area contributed by atoms with Crippen molar-refractivity contribution in [1.29, 1.82) is 0 Å². The predicted molar refractivity (Wildman–Crippen MR) is 95.0 cm³/mol. The zero-order valence-corrected chi connectivity index (χ0v) is 14.5. The SMILES string of the molecule is CN(CCOc1ccc(Cl)cc1)C(=O)c1ccccc1OCC(N)=O. The molecule has 0 aromatic heterocycles. The summed E-state index contributed by atoms with van der Waals surface area (Å²) >= 11 is 5.82. The molecular weight excluding hydrogens is 344 g/mol. The van der Waals surface area contributed by atoms with Crippen molar-refractivity contribution in [2.24, 2.45) is 5.73 Å². The van der Waals surface area contributed by atoms with Gasteiger partial charge in [-0.25, -0.2) is 0 Å². The van der Waals surface area contributed by atoms with E-state index >= 15 is 0 Å². The fraction of sp³-hybridized carbons (Fsp3) is 0.222. The van der Waals surface area contributed by atoms with Crippen molar-refractivity contribution in [2.45, 2.75) is 0 Å². The summed E-state index contributed by atoms with van der Waals surface area (Å²) in [6.07, 6.45) is 0. The topological polar surface area (TPSA) is 81.9 Å². The predicted octanol–water partition coefficient (Wildman–Crippen LogP) is 2.36. The molecule has 132 valence electrons. The van der Waals surface area contributed by atoms with Crippen LogP contribution in [0.5, 0.6) is 11.5 Å². The van der Waals surface area contributed by atoms with Crippen molar-refractivity contribution in [3.63, 3.8) is 0 Å². The Bertz CT molecular complexity index is 734. The van der Waals surface area contributed by atoms with E-state index < -0.39 is 5.91 Å². The van der Waals surface area contributed by atoms with Crippen molar-refractivity contribution in [1.82, 2.24) is 4.90 Å². The van der Waals surface area contributed by atoms with Crippen LogP contribution in [0.4, 0.5) is 0 Å². The van der Waals surface area contributed by atoms with E-state index in [9.17, 15) is 9.59 Å². The van der Waals surface area contributed by atoms with Gasteiger partial charge in [-0.15, -0.1) is 0 Å². The summed E-state index contributed by atoms with van der Waals surface area (Å²) in [6.45, 7) is 0.424. The summed E-state index contributed by atoms with van der Waals surface area (Å²) < 4.78 is 10.9. The van der Waals surface area contributed by atoms with E-state index in [1.807, 2.05) is 0 Å². The van der Waals surface area contributed by atoms with Gasteiger partial charge < -0.3 is 20.1 Å². The molecule has 6 nitrogen and oxygen atoms in total. The van der Waals surface area contributed by atoms with Gasteiger partial charge in [0.25, 0.3) is 11.8 Å². The molecule has 0 atom stereocenters. The first-order valence-electron chi connectivity index (χ1n) is 7.61. The van der Waals surface area contributed by atoms with Gasteiger partial charge in [0, 0.05) is 12.1 Å². The lowest BCUT2D eigenvalue weighted by atomic mass is 10.2. The molecule has 2 rings (SSSR count). The molecule has 0 spiro atoms. The lowest BCUT2D eigenvalue weighted by molar-refractivity contribution is -0.119. The molecule has 0 aliphatic carbocycles. The van der Waals surface area contributed by atoms with Crippen LogP contribution in [0.1, 0.15) is 10.4 Å². The number of benzene rings is 2. The van der Waals surface area contributed by atoms with Crippen molar-refractivity contribution in [2.75, 3.05) is 26.8 Å². The minimum Gasteiger partial charge on any atom is -0.492 e. The van der Waals surface area contributed by atoms with Crippen LogP contribution in [-0.4, -0.2) is 43.5 Å². The van der Waals surface area contributed by atoms with Gasteiger partial charge in [0.05, 0.1) is 12.1 Å². The number of nitrogens with zero attached hydrogens (tertiary/aromatic N) is 1. The van der Waals surface area contributed by atoms with Gasteiger partial charge in [0.1, 0.15) is 18.1 Å². The van der Waals surface area contributed by atoms with Crippen LogP contribution in [-0.2, 0) is 4.79 Å². The Morgan fingerprint density at radius 3 is 2.44 bits per heavy atom. The second-order valence-electron chi connectivity index (χ2n) is 5.28. The summed E-state index contributed by atoms with van der Waals surface area (Å²) in [6, 6.07) is 13.7. The van der Waals surface area contributed by atoms with Gasteiger partial charge in [0.2, 0.25) is 0 Å². The molecule has 2 amide bonds. The molecule has 2 N–H and O–H groups in total. The third-order valence-electron chi connectivity index (χ3n) is 3.34. The number of ether oxygens (including phenoxy) is 2. The van der Waals surface area contributed by atoms with Crippen LogP contribution in [0.25, 0.3) is 0 Å². The molecule has 0 heterocycles. The van der Waals surface area contributed by atoms with E-state index in [0.29, 0.717) is 35.2 Å². The number of hydrogen-bond donors (Lipinski definition) is 1. The zero-order valence-electron chi connectivity index (χ0n) is 13.8. The van der Waals surface area contributed by atoms with Crippen LogP contribution in [0.15, 0.2) is 48.5 Å². The highest BCUT2D eigenvalue weighted by Gasteiger charge is 2.16. The van der Waals surface area contributed by atoms with Crippen molar-refractivity contribution < 1.29 is 19.1 Å². The van der Waals surface area contributed by atoms with Crippen LogP contribution in [0.2, 0.25) is 5.02 Å². The van der Waals surface area contributed by atoms with Crippen LogP contribution < -0.4 is 15.2 Å². The highest BCUT2D eigenvalue weighted by molar-refractivity contribution is 6.30. The molecule has 0 fully saturated rings. The Hall–Kier alpha value is -2.73. The van der Waals surface area contributed by atoms with Gasteiger partial charge in [-0.2, -0.15) is 0 Å². The Morgan fingerprint density at radius 2 is 1.76 bits per heavy atom. The maximum atomic E-state index is 12.6. The lowest BCUT2D eigenvalue weighted by Crippen LogP contribution is -2.31. The van der Waals surface area contributed by atoms with Crippen LogP contribution >= 0.6 is 11.6 Å². The molecule has 25 heavy (non-hydrogen) atoms. The summed E-state index contributed by atoms with van der Waals surface area (Å²) in [5.74, 6) is 0.152. The molecule has 0 unspecified atom stereocenters. The van der Waals surface area contributed by atoms with Gasteiger partial charge in [-0.1, -0.05) is 23.7 Å². The number of likely N-dealkylation sites (N-methyl/N-ethyl adjacent to an activating group) is 1. The molecule has 2 aromatic rings. The number of nitrogens with two attached hydrogens (primary N) is 1. The highest BCUT2D eigenvalue weighted by Crippen LogP contribution is 2.20. The van der Waals surface area contributed by atoms with E-state index in [0.717, 1.165) is 0 Å². The first kappa shape index (κ1) is 18.6. The Morgan fingerprint density at radius 1 is 1.08 bits per heavy atom. The summed E-state index contributed by atoms with van der Waals surface area (Å²) in [7, 11) is 1.67. The smallest absolute Gasteiger partial charge is 0.257 e. The monoisotopic (exact) mass is 362 g/mol. The van der Waals surface area contributed by atoms with Gasteiger partial charge in [-0.05, 0) is 36.4 Å². The standard InChI is InChI=1S/C18H19ClN2O4/c1-21(10-11-24-14-8-6-13(19)7-9-14)18(23)15-4-2-3-5-16(15)25-12-17(20)22/h2-9H,10-12H2,1H3,(H2,20,22). The molecule has 7 heteroatoms. The minimum atomic E-state index is -0.605. The fourth-order valence-corrected chi connectivity index (χ4v) is 2.18. The normalized spacial score (nSPS) is 10.2. The number of rotatable bonds is 8.